The van der Waals surface area contributed by atoms with Crippen LogP contribution in [0.5, 0.6) is 0 Å². The predicted octanol–water partition coefficient (Wildman–Crippen LogP) is 2.79. The second kappa shape index (κ2) is 6.74. The highest BCUT2D eigenvalue weighted by atomic mass is 32.2. The molecule has 0 aromatic heterocycles. The van der Waals surface area contributed by atoms with Gasteiger partial charge in [-0.25, -0.2) is 18.4 Å². The van der Waals surface area contributed by atoms with Crippen LogP contribution in [-0.2, 0) is 14.8 Å². The van der Waals surface area contributed by atoms with Crippen LogP contribution in [-0.4, -0.2) is 32.2 Å². The lowest BCUT2D eigenvalue weighted by molar-refractivity contribution is -0.258. The lowest BCUT2D eigenvalue weighted by atomic mass is 9.56. The first-order valence-corrected chi connectivity index (χ1v) is 9.67. The zero-order valence-electron chi connectivity index (χ0n) is 15.5. The minimum atomic E-state index is -4.01. The van der Waals surface area contributed by atoms with Crippen molar-refractivity contribution in [3.63, 3.8) is 0 Å². The summed E-state index contributed by atoms with van der Waals surface area (Å²) in [6.07, 6.45) is -1.19. The van der Waals surface area contributed by atoms with Gasteiger partial charge in [0.1, 0.15) is 0 Å². The molecule has 1 amide bonds. The van der Waals surface area contributed by atoms with Crippen molar-refractivity contribution in [1.29, 1.82) is 0 Å². The van der Waals surface area contributed by atoms with Gasteiger partial charge in [-0.15, -0.1) is 0 Å². The number of primary amides is 1. The first kappa shape index (κ1) is 21.1. The molecular weight excluding hydrogens is 380 g/mol. The van der Waals surface area contributed by atoms with Crippen LogP contribution in [0.2, 0.25) is 0 Å². The van der Waals surface area contributed by atoms with Crippen LogP contribution < -0.4 is 10.6 Å². The van der Waals surface area contributed by atoms with Crippen LogP contribution in [0, 0.1) is 18.3 Å². The number of amides is 1. The van der Waals surface area contributed by atoms with E-state index in [-0.39, 0.29) is 4.90 Å². The van der Waals surface area contributed by atoms with Crippen LogP contribution in [0.3, 0.4) is 0 Å². The van der Waals surface area contributed by atoms with Crippen molar-refractivity contribution in [3.05, 3.63) is 29.8 Å². The summed E-state index contributed by atoms with van der Waals surface area (Å²) >= 11 is 0. The lowest BCUT2D eigenvalue weighted by Gasteiger charge is -2.56. The number of aryl methyl sites for hydroxylation is 1. The van der Waals surface area contributed by atoms with E-state index in [0.717, 1.165) is 6.21 Å². The van der Waals surface area contributed by atoms with Crippen LogP contribution in [0.1, 0.15) is 32.8 Å². The summed E-state index contributed by atoms with van der Waals surface area (Å²) in [5, 5.41) is 3.61. The standard InChI is InChI=1S/C17H23F2N3O4S/c1-11-7-5-6-8-12(11)27(24,25)22-21-10-16(26-14(20)23)9-17(18,19)13(16)15(2,3)4/h5-8,10,13,22H,9H2,1-4H3,(H2,20,23). The highest BCUT2D eigenvalue weighted by molar-refractivity contribution is 7.89. The van der Waals surface area contributed by atoms with Gasteiger partial charge in [-0.2, -0.15) is 13.5 Å². The molecule has 0 saturated heterocycles. The van der Waals surface area contributed by atoms with E-state index in [1.54, 1.807) is 45.9 Å². The molecule has 7 nitrogen and oxygen atoms in total. The minimum absolute atomic E-state index is 0.00155. The summed E-state index contributed by atoms with van der Waals surface area (Å²) in [6.45, 7) is 6.30. The number of carbonyl (C=O) groups is 1. The number of benzene rings is 1. The van der Waals surface area contributed by atoms with E-state index in [4.69, 9.17) is 10.5 Å². The summed E-state index contributed by atoms with van der Waals surface area (Å²) in [6, 6.07) is 6.22. The number of hydrogen-bond donors (Lipinski definition) is 2. The number of carbonyl (C=O) groups excluding carboxylic acids is 1. The Morgan fingerprint density at radius 3 is 2.44 bits per heavy atom. The van der Waals surface area contributed by atoms with Crippen LogP contribution >= 0.6 is 0 Å². The molecule has 2 rings (SSSR count). The fraction of sp³-hybridized carbons (Fsp3) is 0.529. The number of ether oxygens (including phenoxy) is 1. The molecule has 1 aromatic carbocycles. The van der Waals surface area contributed by atoms with Crippen molar-refractivity contribution < 1.29 is 26.7 Å². The van der Waals surface area contributed by atoms with Gasteiger partial charge < -0.3 is 10.5 Å². The van der Waals surface area contributed by atoms with E-state index >= 15 is 0 Å². The molecule has 1 fully saturated rings. The number of alkyl halides is 2. The number of rotatable bonds is 5. The average Bonchev–Trinajstić information content (AvgIpc) is 2.42. The molecule has 27 heavy (non-hydrogen) atoms. The molecule has 1 aromatic rings. The van der Waals surface area contributed by atoms with E-state index in [2.05, 4.69) is 5.10 Å². The Balaban J connectivity index is 2.33. The summed E-state index contributed by atoms with van der Waals surface area (Å²) in [7, 11) is -4.01. The van der Waals surface area contributed by atoms with Gasteiger partial charge in [0.05, 0.1) is 23.4 Å². The molecule has 2 atom stereocenters. The van der Waals surface area contributed by atoms with Gasteiger partial charge in [-0.3, -0.25) is 0 Å². The maximum Gasteiger partial charge on any atom is 0.405 e. The summed E-state index contributed by atoms with van der Waals surface area (Å²) in [5.74, 6) is -4.54. The molecule has 1 aliphatic carbocycles. The van der Waals surface area contributed by atoms with E-state index in [1.807, 2.05) is 4.83 Å². The number of sulfonamides is 1. The third-order valence-electron chi connectivity index (χ3n) is 4.42. The number of nitrogens with zero attached hydrogens (tertiary/aromatic N) is 1. The highest BCUT2D eigenvalue weighted by Crippen LogP contribution is 2.59. The average molecular weight is 403 g/mol. The fourth-order valence-electron chi connectivity index (χ4n) is 3.71. The normalized spacial score (nSPS) is 25.0. The molecule has 2 unspecified atom stereocenters. The molecule has 0 bridgehead atoms. The third-order valence-corrected chi connectivity index (χ3v) is 5.80. The van der Waals surface area contributed by atoms with Crippen molar-refractivity contribution in [1.82, 2.24) is 4.83 Å². The molecule has 3 N–H and O–H groups in total. The van der Waals surface area contributed by atoms with Crippen molar-refractivity contribution in [3.8, 4) is 0 Å². The van der Waals surface area contributed by atoms with Gasteiger partial charge >= 0.3 is 6.09 Å². The second-order valence-corrected chi connectivity index (χ2v) is 9.36. The Morgan fingerprint density at radius 1 is 1.37 bits per heavy atom. The number of halogens is 2. The predicted molar refractivity (Wildman–Crippen MR) is 95.9 cm³/mol. The summed E-state index contributed by atoms with van der Waals surface area (Å²) in [5.41, 5.74) is 2.77. The van der Waals surface area contributed by atoms with Crippen molar-refractivity contribution >= 4 is 22.3 Å². The summed E-state index contributed by atoms with van der Waals surface area (Å²) in [4.78, 5) is 13.2. The first-order valence-electron chi connectivity index (χ1n) is 8.19. The first-order chi connectivity index (χ1) is 12.2. The van der Waals surface area contributed by atoms with E-state index in [0.29, 0.717) is 5.56 Å². The quantitative estimate of drug-likeness (QED) is 0.582. The number of hydrazone groups is 1. The summed E-state index contributed by atoms with van der Waals surface area (Å²) < 4.78 is 58.1. The maximum atomic E-state index is 14.2. The Morgan fingerprint density at radius 2 is 1.96 bits per heavy atom. The highest BCUT2D eigenvalue weighted by Gasteiger charge is 2.71. The van der Waals surface area contributed by atoms with Gasteiger partial charge in [0.2, 0.25) is 0 Å². The number of nitrogens with two attached hydrogens (primary N) is 1. The van der Waals surface area contributed by atoms with Gasteiger partial charge in [0.15, 0.2) is 5.60 Å². The molecule has 150 valence electrons. The van der Waals surface area contributed by atoms with E-state index in [1.165, 1.54) is 6.07 Å². The molecule has 0 aliphatic heterocycles. The van der Waals surface area contributed by atoms with E-state index in [9.17, 15) is 22.0 Å². The van der Waals surface area contributed by atoms with Gasteiger partial charge in [-0.05, 0) is 24.0 Å². The fourth-order valence-corrected chi connectivity index (χ4v) is 4.75. The molecule has 10 heteroatoms. The maximum absolute atomic E-state index is 14.2. The van der Waals surface area contributed by atoms with Gasteiger partial charge in [0, 0.05) is 0 Å². The van der Waals surface area contributed by atoms with Crippen molar-refractivity contribution in [2.24, 2.45) is 22.2 Å². The molecule has 1 saturated carbocycles. The smallest absolute Gasteiger partial charge is 0.405 e. The minimum Gasteiger partial charge on any atom is -0.436 e. The Hall–Kier alpha value is -2.23. The Labute approximate surface area is 157 Å². The Kier molecular flexibility index (Phi) is 5.26. The molecule has 0 heterocycles. The monoisotopic (exact) mass is 403 g/mol. The Bertz CT molecular complexity index is 855. The SMILES string of the molecule is Cc1ccccc1S(=O)(=O)NN=CC1(OC(N)=O)CC(F)(F)C1C(C)(C)C. The van der Waals surface area contributed by atoms with Crippen LogP contribution in [0.4, 0.5) is 13.6 Å². The second-order valence-electron chi connectivity index (χ2n) is 7.73. The topological polar surface area (TPSA) is 111 Å². The molecule has 0 spiro atoms. The van der Waals surface area contributed by atoms with Crippen LogP contribution in [0.25, 0.3) is 0 Å². The molecule has 0 radical (unpaired) electrons. The van der Waals surface area contributed by atoms with Gasteiger partial charge in [0.25, 0.3) is 15.9 Å². The largest absolute Gasteiger partial charge is 0.436 e. The van der Waals surface area contributed by atoms with Crippen molar-refractivity contribution in [2.45, 2.75) is 50.5 Å². The molecule has 1 aliphatic rings. The zero-order chi connectivity index (χ0) is 20.7. The third kappa shape index (κ3) is 4.20. The van der Waals surface area contributed by atoms with Gasteiger partial charge in [-0.1, -0.05) is 39.0 Å². The number of nitrogens with one attached hydrogen (secondary N) is 1. The van der Waals surface area contributed by atoms with E-state index < -0.39 is 45.4 Å². The molecular formula is C17H23F2N3O4S. The number of hydrogen-bond acceptors (Lipinski definition) is 5. The zero-order valence-corrected chi connectivity index (χ0v) is 16.3. The van der Waals surface area contributed by atoms with Crippen LogP contribution in [0.15, 0.2) is 34.3 Å². The van der Waals surface area contributed by atoms with Crippen molar-refractivity contribution in [2.75, 3.05) is 0 Å². The lowest BCUT2D eigenvalue weighted by Crippen LogP contribution is -2.69.